The summed E-state index contributed by atoms with van der Waals surface area (Å²) >= 11 is 0. The molecule has 0 spiro atoms. The van der Waals surface area contributed by atoms with Crippen molar-refractivity contribution in [3.05, 3.63) is 0 Å². The van der Waals surface area contributed by atoms with E-state index in [0.717, 1.165) is 19.3 Å². The van der Waals surface area contributed by atoms with Crippen molar-refractivity contribution in [1.82, 2.24) is 15.5 Å². The second-order valence-corrected chi connectivity index (χ2v) is 4.39. The second kappa shape index (κ2) is 8.98. The number of hydrogen-bond acceptors (Lipinski definition) is 3. The van der Waals surface area contributed by atoms with E-state index in [9.17, 15) is 9.59 Å². The van der Waals surface area contributed by atoms with Gasteiger partial charge in [-0.1, -0.05) is 19.8 Å². The minimum Gasteiger partial charge on any atom is -0.355 e. The lowest BCUT2D eigenvalue weighted by Gasteiger charge is -2.15. The smallest absolute Gasteiger partial charge is 0.236 e. The molecule has 2 amide bonds. The van der Waals surface area contributed by atoms with Crippen LogP contribution in [0.15, 0.2) is 0 Å². The minimum absolute atomic E-state index is 0.0318. The van der Waals surface area contributed by atoms with Crippen LogP contribution in [0.4, 0.5) is 0 Å². The fourth-order valence-electron chi connectivity index (χ4n) is 1.23. The van der Waals surface area contributed by atoms with Crippen LogP contribution < -0.4 is 10.6 Å². The molecule has 0 bridgehead atoms. The zero-order valence-electron chi connectivity index (χ0n) is 11.4. The zero-order chi connectivity index (χ0) is 13.3. The quantitative estimate of drug-likeness (QED) is 0.605. The molecule has 0 aliphatic rings. The fraction of sp³-hybridized carbons (Fsp3) is 0.833. The lowest BCUT2D eigenvalue weighted by molar-refractivity contribution is -0.128. The van der Waals surface area contributed by atoms with Gasteiger partial charge in [0.05, 0.1) is 12.6 Å². The molecule has 0 aromatic rings. The van der Waals surface area contributed by atoms with Crippen molar-refractivity contribution < 1.29 is 9.59 Å². The monoisotopic (exact) mass is 243 g/mol. The molecule has 100 valence electrons. The number of nitrogens with zero attached hydrogens (tertiary/aromatic N) is 1. The average Bonchev–Trinajstić information content (AvgIpc) is 2.30. The molecule has 0 rings (SSSR count). The predicted molar refractivity (Wildman–Crippen MR) is 68.7 cm³/mol. The summed E-state index contributed by atoms with van der Waals surface area (Å²) in [4.78, 5) is 24.4. The predicted octanol–water partition coefficient (Wildman–Crippen LogP) is 0.359. The highest BCUT2D eigenvalue weighted by molar-refractivity contribution is 5.83. The highest BCUT2D eigenvalue weighted by Gasteiger charge is 2.13. The number of nitrogens with one attached hydrogen (secondary N) is 2. The van der Waals surface area contributed by atoms with E-state index in [0.29, 0.717) is 6.54 Å². The Kier molecular flexibility index (Phi) is 8.40. The Morgan fingerprint density at radius 2 is 1.88 bits per heavy atom. The number of hydrogen-bond donors (Lipinski definition) is 2. The van der Waals surface area contributed by atoms with Gasteiger partial charge >= 0.3 is 0 Å². The molecule has 2 N–H and O–H groups in total. The summed E-state index contributed by atoms with van der Waals surface area (Å²) in [6.45, 7) is 4.79. The van der Waals surface area contributed by atoms with Crippen molar-refractivity contribution in [1.29, 1.82) is 0 Å². The van der Waals surface area contributed by atoms with Crippen molar-refractivity contribution in [2.75, 3.05) is 27.2 Å². The summed E-state index contributed by atoms with van der Waals surface area (Å²) in [7, 11) is 3.39. The molecule has 0 saturated heterocycles. The van der Waals surface area contributed by atoms with E-state index in [1.165, 1.54) is 4.90 Å². The van der Waals surface area contributed by atoms with Crippen LogP contribution in [0.3, 0.4) is 0 Å². The Morgan fingerprint density at radius 1 is 1.24 bits per heavy atom. The molecule has 0 aliphatic carbocycles. The highest BCUT2D eigenvalue weighted by Crippen LogP contribution is 1.91. The first-order chi connectivity index (χ1) is 7.99. The zero-order valence-corrected chi connectivity index (χ0v) is 11.4. The topological polar surface area (TPSA) is 61.4 Å². The number of carbonyl (C=O) groups excluding carboxylic acids is 2. The molecule has 17 heavy (non-hydrogen) atoms. The number of unbranched alkanes of at least 4 members (excludes halogenated alkanes) is 2. The van der Waals surface area contributed by atoms with Gasteiger partial charge in [0.25, 0.3) is 0 Å². The third kappa shape index (κ3) is 7.74. The molecule has 0 aromatic carbocycles. The molecule has 0 radical (unpaired) electrons. The molecule has 0 heterocycles. The number of likely N-dealkylation sites (N-methyl/N-ethyl adjacent to an activating group) is 1. The SMILES string of the molecule is CCCCCNC(=O)C(C)NCC(=O)N(C)C. The van der Waals surface area contributed by atoms with Crippen LogP contribution >= 0.6 is 0 Å². The lowest BCUT2D eigenvalue weighted by Crippen LogP contribution is -2.46. The molecule has 0 fully saturated rings. The Bertz CT molecular complexity index is 242. The minimum atomic E-state index is -0.333. The Morgan fingerprint density at radius 3 is 2.41 bits per heavy atom. The molecule has 0 aliphatic heterocycles. The van der Waals surface area contributed by atoms with Crippen molar-refractivity contribution in [2.45, 2.75) is 39.2 Å². The first-order valence-electron chi connectivity index (χ1n) is 6.20. The Balaban J connectivity index is 3.71. The van der Waals surface area contributed by atoms with E-state index in [1.807, 2.05) is 0 Å². The van der Waals surface area contributed by atoms with Crippen molar-refractivity contribution in [2.24, 2.45) is 0 Å². The summed E-state index contributed by atoms with van der Waals surface area (Å²) in [5.41, 5.74) is 0. The summed E-state index contributed by atoms with van der Waals surface area (Å²) in [5.74, 6) is -0.0803. The van der Waals surface area contributed by atoms with Crippen molar-refractivity contribution >= 4 is 11.8 Å². The first kappa shape index (κ1) is 15.9. The maximum absolute atomic E-state index is 11.6. The lowest BCUT2D eigenvalue weighted by atomic mass is 10.2. The highest BCUT2D eigenvalue weighted by atomic mass is 16.2. The maximum atomic E-state index is 11.6. The van der Waals surface area contributed by atoms with Gasteiger partial charge in [0.1, 0.15) is 0 Å². The number of amides is 2. The van der Waals surface area contributed by atoms with Crippen LogP contribution in [0.2, 0.25) is 0 Å². The van der Waals surface area contributed by atoms with Crippen LogP contribution in [0.25, 0.3) is 0 Å². The fourth-order valence-corrected chi connectivity index (χ4v) is 1.23. The van der Waals surface area contributed by atoms with Crippen LogP contribution in [0.1, 0.15) is 33.1 Å². The second-order valence-electron chi connectivity index (χ2n) is 4.39. The molecular formula is C12H25N3O2. The molecule has 1 unspecified atom stereocenters. The molecule has 1 atom stereocenters. The Hall–Kier alpha value is -1.10. The van der Waals surface area contributed by atoms with Crippen molar-refractivity contribution in [3.63, 3.8) is 0 Å². The maximum Gasteiger partial charge on any atom is 0.236 e. The van der Waals surface area contributed by atoms with Gasteiger partial charge in [0.2, 0.25) is 11.8 Å². The average molecular weight is 243 g/mol. The summed E-state index contributed by atoms with van der Waals surface area (Å²) in [5, 5.41) is 5.74. The van der Waals surface area contributed by atoms with E-state index in [-0.39, 0.29) is 24.4 Å². The normalized spacial score (nSPS) is 12.0. The van der Waals surface area contributed by atoms with E-state index in [4.69, 9.17) is 0 Å². The summed E-state index contributed by atoms with van der Waals surface area (Å²) < 4.78 is 0. The van der Waals surface area contributed by atoms with Crippen LogP contribution in [-0.4, -0.2) is 49.9 Å². The van der Waals surface area contributed by atoms with Gasteiger partial charge < -0.3 is 10.2 Å². The molecule has 5 nitrogen and oxygen atoms in total. The first-order valence-corrected chi connectivity index (χ1v) is 6.20. The molecule has 0 aromatic heterocycles. The van der Waals surface area contributed by atoms with E-state index in [1.54, 1.807) is 21.0 Å². The van der Waals surface area contributed by atoms with Gasteiger partial charge in [0, 0.05) is 20.6 Å². The molecular weight excluding hydrogens is 218 g/mol. The van der Waals surface area contributed by atoms with Crippen molar-refractivity contribution in [3.8, 4) is 0 Å². The van der Waals surface area contributed by atoms with Gasteiger partial charge in [-0.25, -0.2) is 0 Å². The van der Waals surface area contributed by atoms with E-state index >= 15 is 0 Å². The van der Waals surface area contributed by atoms with E-state index < -0.39 is 0 Å². The largest absolute Gasteiger partial charge is 0.355 e. The standard InChI is InChI=1S/C12H25N3O2/c1-5-6-7-8-13-12(17)10(2)14-9-11(16)15(3)4/h10,14H,5-9H2,1-4H3,(H,13,17). The van der Waals surface area contributed by atoms with Gasteiger partial charge in [-0.15, -0.1) is 0 Å². The van der Waals surface area contributed by atoms with Gasteiger partial charge in [0.15, 0.2) is 0 Å². The van der Waals surface area contributed by atoms with Gasteiger partial charge in [-0.2, -0.15) is 0 Å². The van der Waals surface area contributed by atoms with Crippen LogP contribution in [0, 0.1) is 0 Å². The van der Waals surface area contributed by atoms with Crippen LogP contribution in [0.5, 0.6) is 0 Å². The third-order valence-corrected chi connectivity index (χ3v) is 2.53. The number of carbonyl (C=O) groups is 2. The van der Waals surface area contributed by atoms with Crippen LogP contribution in [-0.2, 0) is 9.59 Å². The molecule has 5 heteroatoms. The van der Waals surface area contributed by atoms with E-state index in [2.05, 4.69) is 17.6 Å². The molecule has 0 saturated carbocycles. The van der Waals surface area contributed by atoms with Gasteiger partial charge in [-0.05, 0) is 13.3 Å². The Labute approximate surface area is 104 Å². The third-order valence-electron chi connectivity index (χ3n) is 2.53. The number of rotatable bonds is 8. The summed E-state index contributed by atoms with van der Waals surface area (Å²) in [6, 6.07) is -0.333. The van der Waals surface area contributed by atoms with Gasteiger partial charge in [-0.3, -0.25) is 14.9 Å². The summed E-state index contributed by atoms with van der Waals surface area (Å²) in [6.07, 6.45) is 3.27.